The van der Waals surface area contributed by atoms with Gasteiger partial charge in [-0.05, 0) is 68.2 Å². The van der Waals surface area contributed by atoms with E-state index in [1.54, 1.807) is 17.2 Å². The van der Waals surface area contributed by atoms with Crippen molar-refractivity contribution in [1.82, 2.24) is 24.3 Å². The lowest BCUT2D eigenvalue weighted by atomic mass is 9.90. The van der Waals surface area contributed by atoms with Crippen molar-refractivity contribution in [3.05, 3.63) is 52.6 Å². The molecule has 0 unspecified atom stereocenters. The minimum Gasteiger partial charge on any atom is -0.394 e. The Hall–Kier alpha value is -3.32. The average molecular weight is 567 g/mol. The summed E-state index contributed by atoms with van der Waals surface area (Å²) in [6.07, 6.45) is 8.76. The summed E-state index contributed by atoms with van der Waals surface area (Å²) in [4.78, 5) is 47.4. The Balaban J connectivity index is 1.16. The molecule has 0 spiro atoms. The number of urea groups is 1. The third-order valence-corrected chi connectivity index (χ3v) is 8.48. The summed E-state index contributed by atoms with van der Waals surface area (Å²) in [6, 6.07) is 9.19. The Morgan fingerprint density at radius 1 is 1.00 bits per heavy atom. The van der Waals surface area contributed by atoms with E-state index in [0.29, 0.717) is 44.0 Å². The molecular weight excluding hydrogens is 524 g/mol. The third kappa shape index (κ3) is 7.50. The lowest BCUT2D eigenvalue weighted by Gasteiger charge is -2.36. The fourth-order valence-electron chi connectivity index (χ4n) is 5.74. The van der Waals surface area contributed by atoms with Crippen LogP contribution in [0.15, 0.2) is 41.3 Å². The number of aromatic nitrogens is 2. The first-order chi connectivity index (χ1) is 19.8. The Bertz CT molecular complexity index is 1250. The van der Waals surface area contributed by atoms with Crippen LogP contribution in [-0.4, -0.2) is 98.8 Å². The first-order valence-electron chi connectivity index (χ1n) is 14.7. The molecule has 2 heterocycles. The van der Waals surface area contributed by atoms with Crippen LogP contribution in [-0.2, 0) is 11.3 Å². The van der Waals surface area contributed by atoms with Crippen molar-refractivity contribution in [2.24, 2.45) is 17.4 Å². The summed E-state index contributed by atoms with van der Waals surface area (Å²) in [6.45, 7) is 2.87. The summed E-state index contributed by atoms with van der Waals surface area (Å²) in [5, 5.41) is 11.8. The first kappa shape index (κ1) is 29.2. The van der Waals surface area contributed by atoms with E-state index < -0.39 is 24.4 Å². The molecule has 1 saturated heterocycles. The fourth-order valence-corrected chi connectivity index (χ4v) is 5.74. The molecule has 2 aromatic rings. The second kappa shape index (κ2) is 13.1. The molecule has 1 aliphatic heterocycles. The van der Waals surface area contributed by atoms with Crippen LogP contribution in [0.5, 0.6) is 0 Å². The molecule has 0 bridgehead atoms. The quantitative estimate of drug-likeness (QED) is 0.345. The van der Waals surface area contributed by atoms with E-state index in [9.17, 15) is 14.4 Å². The number of amides is 3. The third-order valence-electron chi connectivity index (χ3n) is 8.48. The highest BCUT2D eigenvalue weighted by Gasteiger charge is 2.30. The lowest BCUT2D eigenvalue weighted by Crippen LogP contribution is -2.55. The summed E-state index contributed by atoms with van der Waals surface area (Å²) < 4.78 is 1.46. The second-order valence-corrected chi connectivity index (χ2v) is 11.6. The first-order valence-corrected chi connectivity index (χ1v) is 14.7. The van der Waals surface area contributed by atoms with Crippen LogP contribution in [0.4, 0.5) is 10.6 Å². The number of piperazine rings is 1. The monoisotopic (exact) mass is 566 g/mol. The van der Waals surface area contributed by atoms with Gasteiger partial charge in [0.2, 0.25) is 5.91 Å². The Morgan fingerprint density at radius 3 is 2.27 bits per heavy atom. The molecule has 1 aromatic heterocycles. The molecule has 3 amide bonds. The number of nitrogens with zero attached hydrogens (tertiary/aromatic N) is 5. The van der Waals surface area contributed by atoms with Crippen LogP contribution in [0.3, 0.4) is 0 Å². The number of benzene rings is 1. The fraction of sp³-hybridized carbons (Fsp3) is 0.586. The predicted octanol–water partition coefficient (Wildman–Crippen LogP) is 0.710. The van der Waals surface area contributed by atoms with E-state index in [1.165, 1.54) is 27.9 Å². The number of nitrogens with two attached hydrogens (primary N) is 2. The van der Waals surface area contributed by atoms with Crippen LogP contribution in [0.25, 0.3) is 5.69 Å². The molecule has 6 N–H and O–H groups in total. The highest BCUT2D eigenvalue weighted by atomic mass is 16.3. The van der Waals surface area contributed by atoms with Gasteiger partial charge < -0.3 is 26.4 Å². The Labute approximate surface area is 240 Å². The zero-order valence-electron chi connectivity index (χ0n) is 23.5. The van der Waals surface area contributed by atoms with Gasteiger partial charge in [0, 0.05) is 57.5 Å². The van der Waals surface area contributed by atoms with Crippen molar-refractivity contribution < 1.29 is 14.7 Å². The van der Waals surface area contributed by atoms with Gasteiger partial charge in [-0.25, -0.2) is 9.59 Å². The van der Waals surface area contributed by atoms with Gasteiger partial charge in [-0.1, -0.05) is 12.1 Å². The molecule has 1 atom stereocenters. The largest absolute Gasteiger partial charge is 0.394 e. The molecule has 3 fully saturated rings. The molecule has 0 radical (unpaired) electrons. The molecule has 5 rings (SSSR count). The smallest absolute Gasteiger partial charge is 0.354 e. The number of carbonyl (C=O) groups is 2. The maximum absolute atomic E-state index is 12.8. The number of anilines is 1. The highest BCUT2D eigenvalue weighted by Crippen LogP contribution is 2.33. The Kier molecular flexibility index (Phi) is 9.33. The van der Waals surface area contributed by atoms with Gasteiger partial charge in [-0.3, -0.25) is 19.6 Å². The van der Waals surface area contributed by atoms with Gasteiger partial charge in [-0.2, -0.15) is 4.98 Å². The van der Waals surface area contributed by atoms with Gasteiger partial charge in [0.1, 0.15) is 11.9 Å². The van der Waals surface area contributed by atoms with Crippen molar-refractivity contribution in [3.8, 4) is 5.69 Å². The second-order valence-electron chi connectivity index (χ2n) is 11.6. The van der Waals surface area contributed by atoms with Gasteiger partial charge >= 0.3 is 11.7 Å². The molecule has 222 valence electrons. The number of carbonyl (C=O) groups excluding carboxylic acids is 2. The lowest BCUT2D eigenvalue weighted by molar-refractivity contribution is -0.134. The van der Waals surface area contributed by atoms with Gasteiger partial charge in [-0.15, -0.1) is 0 Å². The summed E-state index contributed by atoms with van der Waals surface area (Å²) in [5.41, 5.74) is 13.2. The van der Waals surface area contributed by atoms with Crippen molar-refractivity contribution in [2.75, 3.05) is 44.6 Å². The van der Waals surface area contributed by atoms with E-state index in [4.69, 9.17) is 16.6 Å². The Morgan fingerprint density at radius 2 is 1.66 bits per heavy atom. The van der Waals surface area contributed by atoms with Crippen molar-refractivity contribution in [1.29, 1.82) is 0 Å². The van der Waals surface area contributed by atoms with Crippen molar-refractivity contribution in [2.45, 2.75) is 63.2 Å². The van der Waals surface area contributed by atoms with E-state index in [1.807, 2.05) is 12.1 Å². The van der Waals surface area contributed by atoms with Crippen LogP contribution >= 0.6 is 0 Å². The normalized spacial score (nSPS) is 22.0. The minimum atomic E-state index is -0.953. The number of rotatable bonds is 9. The van der Waals surface area contributed by atoms with Crippen LogP contribution in [0.2, 0.25) is 0 Å². The maximum atomic E-state index is 12.8. The molecule has 3 aliphatic rings. The summed E-state index contributed by atoms with van der Waals surface area (Å²) in [7, 11) is 0. The van der Waals surface area contributed by atoms with Gasteiger partial charge in [0.15, 0.2) is 0 Å². The molecule has 41 heavy (non-hydrogen) atoms. The standard InChI is InChI=1S/C29H42N8O4/c30-22-5-9-23(10-6-22)36(17-20-1-2-20)18-21-3-7-24(8-4-21)37-12-11-26(33-29(37)41)32-28(40)35-15-13-34(14-16-35)27(39)25(31)19-38/h3-4,7-8,11-12,20,22-23,25,38H,1-2,5-6,9-10,13-19,30-31H2,(H,32,33,40,41)/t22?,23?,25-/m0/s1. The van der Waals surface area contributed by atoms with Crippen LogP contribution in [0, 0.1) is 5.92 Å². The molecular formula is C29H42N8O4. The number of aliphatic hydroxyl groups is 1. The van der Waals surface area contributed by atoms with E-state index in [0.717, 1.165) is 44.7 Å². The maximum Gasteiger partial charge on any atom is 0.354 e. The number of aliphatic hydroxyl groups excluding tert-OH is 1. The van der Waals surface area contributed by atoms with Crippen LogP contribution < -0.4 is 22.5 Å². The zero-order valence-corrected chi connectivity index (χ0v) is 23.5. The van der Waals surface area contributed by atoms with E-state index >= 15 is 0 Å². The SMILES string of the molecule is NC1CCC(N(Cc2ccc(-n3ccc(NC(=O)N4CCN(C(=O)[C@@H](N)CO)CC4)nc3=O)cc2)CC2CC2)CC1. The highest BCUT2D eigenvalue weighted by molar-refractivity contribution is 5.88. The van der Waals surface area contributed by atoms with Crippen molar-refractivity contribution in [3.63, 3.8) is 0 Å². The van der Waals surface area contributed by atoms with Gasteiger partial charge in [0.25, 0.3) is 0 Å². The minimum absolute atomic E-state index is 0.164. The topological polar surface area (TPSA) is 163 Å². The molecule has 12 heteroatoms. The van der Waals surface area contributed by atoms with Crippen molar-refractivity contribution >= 4 is 17.8 Å². The van der Waals surface area contributed by atoms with Crippen LogP contribution in [0.1, 0.15) is 44.1 Å². The molecule has 2 aliphatic carbocycles. The van der Waals surface area contributed by atoms with Gasteiger partial charge in [0.05, 0.1) is 12.3 Å². The predicted molar refractivity (Wildman–Crippen MR) is 155 cm³/mol. The summed E-state index contributed by atoms with van der Waals surface area (Å²) >= 11 is 0. The zero-order chi connectivity index (χ0) is 28.9. The molecule has 1 aromatic carbocycles. The number of nitrogens with one attached hydrogen (secondary N) is 1. The van der Waals surface area contributed by atoms with E-state index in [-0.39, 0.29) is 11.7 Å². The number of hydrogen-bond acceptors (Lipinski definition) is 8. The average Bonchev–Trinajstić information content (AvgIpc) is 3.81. The molecule has 12 nitrogen and oxygen atoms in total. The molecule has 2 saturated carbocycles. The number of hydrogen-bond donors (Lipinski definition) is 4. The van der Waals surface area contributed by atoms with E-state index in [2.05, 4.69) is 27.3 Å². The summed E-state index contributed by atoms with van der Waals surface area (Å²) in [5.74, 6) is 0.644.